The van der Waals surface area contributed by atoms with Gasteiger partial charge in [-0.2, -0.15) is 0 Å². The lowest BCUT2D eigenvalue weighted by Crippen LogP contribution is -2.00. The Bertz CT molecular complexity index is 273. The highest BCUT2D eigenvalue weighted by Crippen LogP contribution is 2.03. The molecular weight excluding hydrogens is 222 g/mol. The molecule has 0 heterocycles. The van der Waals surface area contributed by atoms with E-state index >= 15 is 0 Å². The molecule has 0 aliphatic rings. The van der Waals surface area contributed by atoms with Crippen LogP contribution in [-0.4, -0.2) is 11.1 Å². The van der Waals surface area contributed by atoms with E-state index in [1.54, 1.807) is 24.3 Å². The van der Waals surface area contributed by atoms with Gasteiger partial charge in [0, 0.05) is 6.54 Å². The molecule has 0 saturated carbocycles. The second kappa shape index (κ2) is 12.1. The fourth-order valence-electron chi connectivity index (χ4n) is 0.856. The van der Waals surface area contributed by atoms with Crippen LogP contribution in [0.5, 0.6) is 0 Å². The lowest BCUT2D eigenvalue weighted by Gasteiger charge is -1.98. The van der Waals surface area contributed by atoms with Crippen LogP contribution in [0.25, 0.3) is 0 Å². The highest BCUT2D eigenvalue weighted by molar-refractivity contribution is 7.78. The number of carbonyl (C=O) groups is 1. The summed E-state index contributed by atoms with van der Waals surface area (Å²) in [5, 5.41) is 8.57. The van der Waals surface area contributed by atoms with Gasteiger partial charge in [0.15, 0.2) is 0 Å². The summed E-state index contributed by atoms with van der Waals surface area (Å²) < 4.78 is 2.68. The summed E-state index contributed by atoms with van der Waals surface area (Å²) in [4.78, 5) is 10.4. The Morgan fingerprint density at radius 3 is 1.94 bits per heavy atom. The average molecular weight is 243 g/mol. The van der Waals surface area contributed by atoms with E-state index in [9.17, 15) is 4.79 Å². The number of rotatable bonds is 3. The Morgan fingerprint density at radius 1 is 1.19 bits per heavy atom. The molecule has 1 aromatic carbocycles. The largest absolute Gasteiger partial charge is 0.478 e. The van der Waals surface area contributed by atoms with Gasteiger partial charge in [0.2, 0.25) is 0 Å². The van der Waals surface area contributed by atoms with E-state index in [0.29, 0.717) is 12.1 Å². The first-order valence-corrected chi connectivity index (χ1v) is 5.88. The molecular formula is C12H21NO2S. The van der Waals surface area contributed by atoms with Crippen LogP contribution in [0.4, 0.5) is 0 Å². The van der Waals surface area contributed by atoms with Crippen LogP contribution < -0.4 is 4.72 Å². The van der Waals surface area contributed by atoms with Crippen LogP contribution in [0.1, 0.15) is 43.6 Å². The number of thiol groups is 1. The van der Waals surface area contributed by atoms with Crippen molar-refractivity contribution in [2.75, 3.05) is 0 Å². The second-order valence-electron chi connectivity index (χ2n) is 2.34. The third-order valence-electron chi connectivity index (χ3n) is 1.48. The van der Waals surface area contributed by atoms with E-state index in [1.807, 2.05) is 27.7 Å². The molecule has 1 aromatic rings. The van der Waals surface area contributed by atoms with Crippen molar-refractivity contribution in [2.45, 2.75) is 34.2 Å². The Labute approximate surface area is 103 Å². The molecule has 92 valence electrons. The molecule has 3 nitrogen and oxygen atoms in total. The van der Waals surface area contributed by atoms with Gasteiger partial charge in [0.1, 0.15) is 0 Å². The van der Waals surface area contributed by atoms with Crippen molar-refractivity contribution in [3.05, 3.63) is 35.4 Å². The standard InChI is InChI=1S/C8H9NO2S.2C2H6/c10-8(11)7-3-1-6(2-4-7)5-9-12;2*1-2/h1-4,9,12H,5H2,(H,10,11);2*1-2H3. The molecule has 0 spiro atoms. The van der Waals surface area contributed by atoms with Crippen LogP contribution in [-0.2, 0) is 6.54 Å². The zero-order valence-electron chi connectivity index (χ0n) is 10.3. The maximum Gasteiger partial charge on any atom is 0.335 e. The zero-order chi connectivity index (χ0) is 13.0. The third kappa shape index (κ3) is 7.31. The Balaban J connectivity index is 0. The van der Waals surface area contributed by atoms with Crippen molar-refractivity contribution in [1.29, 1.82) is 0 Å². The summed E-state index contributed by atoms with van der Waals surface area (Å²) in [5.74, 6) is -0.902. The predicted octanol–water partition coefficient (Wildman–Crippen LogP) is 3.37. The van der Waals surface area contributed by atoms with Gasteiger partial charge in [0.25, 0.3) is 0 Å². The maximum absolute atomic E-state index is 10.4. The minimum absolute atomic E-state index is 0.304. The van der Waals surface area contributed by atoms with Crippen LogP contribution in [0.3, 0.4) is 0 Å². The molecule has 0 radical (unpaired) electrons. The van der Waals surface area contributed by atoms with Gasteiger partial charge in [0.05, 0.1) is 5.56 Å². The summed E-state index contributed by atoms with van der Waals surface area (Å²) >= 11 is 3.83. The lowest BCUT2D eigenvalue weighted by atomic mass is 10.1. The second-order valence-corrected chi connectivity index (χ2v) is 2.65. The number of hydrogen-bond acceptors (Lipinski definition) is 3. The van der Waals surface area contributed by atoms with Crippen LogP contribution in [0, 0.1) is 0 Å². The number of benzene rings is 1. The molecule has 0 aliphatic carbocycles. The van der Waals surface area contributed by atoms with Crippen LogP contribution in [0.2, 0.25) is 0 Å². The number of aromatic carboxylic acids is 1. The molecule has 4 heteroatoms. The van der Waals surface area contributed by atoms with Crippen LogP contribution >= 0.6 is 12.8 Å². The van der Waals surface area contributed by atoms with Gasteiger partial charge in [-0.05, 0) is 17.7 Å². The average Bonchev–Trinajstić information content (AvgIpc) is 2.35. The monoisotopic (exact) mass is 243 g/mol. The number of hydrogen-bond donors (Lipinski definition) is 3. The first kappa shape index (κ1) is 17.4. The molecule has 2 N–H and O–H groups in total. The van der Waals surface area contributed by atoms with Crippen LogP contribution in [0.15, 0.2) is 24.3 Å². The summed E-state index contributed by atoms with van der Waals surface area (Å²) in [6.45, 7) is 8.63. The molecule has 0 atom stereocenters. The first-order chi connectivity index (χ1) is 7.74. The van der Waals surface area contributed by atoms with Gasteiger partial charge in [-0.25, -0.2) is 4.79 Å². The fraction of sp³-hybridized carbons (Fsp3) is 0.417. The highest BCUT2D eigenvalue weighted by atomic mass is 32.1. The lowest BCUT2D eigenvalue weighted by molar-refractivity contribution is 0.0697. The number of carboxylic acid groups (broad SMARTS) is 1. The summed E-state index contributed by atoms with van der Waals surface area (Å²) in [7, 11) is 0. The van der Waals surface area contributed by atoms with Gasteiger partial charge < -0.3 is 5.11 Å². The van der Waals surface area contributed by atoms with E-state index in [2.05, 4.69) is 17.5 Å². The highest BCUT2D eigenvalue weighted by Gasteiger charge is 2.00. The van der Waals surface area contributed by atoms with Crippen molar-refractivity contribution in [3.8, 4) is 0 Å². The van der Waals surface area contributed by atoms with Crippen molar-refractivity contribution in [3.63, 3.8) is 0 Å². The van der Waals surface area contributed by atoms with Gasteiger partial charge >= 0.3 is 5.97 Å². The topological polar surface area (TPSA) is 49.3 Å². The normalized spacial score (nSPS) is 8.06. The molecule has 16 heavy (non-hydrogen) atoms. The van der Waals surface area contributed by atoms with Crippen molar-refractivity contribution < 1.29 is 9.90 Å². The molecule has 0 unspecified atom stereocenters. The molecule has 0 bridgehead atoms. The summed E-state index contributed by atoms with van der Waals surface area (Å²) in [6, 6.07) is 6.66. The molecule has 1 rings (SSSR count). The zero-order valence-corrected chi connectivity index (χ0v) is 11.2. The van der Waals surface area contributed by atoms with E-state index in [0.717, 1.165) is 5.56 Å². The van der Waals surface area contributed by atoms with E-state index < -0.39 is 5.97 Å². The van der Waals surface area contributed by atoms with Gasteiger partial charge in [-0.3, -0.25) is 4.72 Å². The molecule has 0 amide bonds. The van der Waals surface area contributed by atoms with Gasteiger partial charge in [-0.15, -0.1) is 0 Å². The Hall–Kier alpha value is -1.00. The SMILES string of the molecule is CC.CC.O=C(O)c1ccc(CNS)cc1. The minimum atomic E-state index is -0.902. The molecule has 0 saturated heterocycles. The smallest absolute Gasteiger partial charge is 0.335 e. The fourth-order valence-corrected chi connectivity index (χ4v) is 1.04. The van der Waals surface area contributed by atoms with E-state index in [1.165, 1.54) is 0 Å². The Morgan fingerprint density at radius 2 is 1.62 bits per heavy atom. The van der Waals surface area contributed by atoms with Crippen molar-refractivity contribution in [2.24, 2.45) is 0 Å². The minimum Gasteiger partial charge on any atom is -0.478 e. The van der Waals surface area contributed by atoms with Gasteiger partial charge in [-0.1, -0.05) is 52.6 Å². The van der Waals surface area contributed by atoms with E-state index in [4.69, 9.17) is 5.11 Å². The molecule has 0 fully saturated rings. The molecule has 0 aromatic heterocycles. The third-order valence-corrected chi connectivity index (χ3v) is 1.64. The maximum atomic E-state index is 10.4. The van der Waals surface area contributed by atoms with E-state index in [-0.39, 0.29) is 0 Å². The predicted molar refractivity (Wildman–Crippen MR) is 71.9 cm³/mol. The summed E-state index contributed by atoms with van der Waals surface area (Å²) in [5.41, 5.74) is 1.31. The van der Waals surface area contributed by atoms with Crippen molar-refractivity contribution in [1.82, 2.24) is 4.72 Å². The number of nitrogens with one attached hydrogen (secondary N) is 1. The quantitative estimate of drug-likeness (QED) is 0.713. The Kier molecular flexibility index (Phi) is 13.1. The summed E-state index contributed by atoms with van der Waals surface area (Å²) in [6.07, 6.45) is 0. The molecule has 0 aliphatic heterocycles. The van der Waals surface area contributed by atoms with Crippen molar-refractivity contribution >= 4 is 18.8 Å². The first-order valence-electron chi connectivity index (χ1n) is 5.43. The number of carboxylic acids is 1.